The van der Waals surface area contributed by atoms with Crippen LogP contribution in [0.1, 0.15) is 27.4 Å². The molecule has 3 aromatic carbocycles. The fourth-order valence-electron chi connectivity index (χ4n) is 3.77. The van der Waals surface area contributed by atoms with Gasteiger partial charge >= 0.3 is 0 Å². The van der Waals surface area contributed by atoms with Gasteiger partial charge in [-0.3, -0.25) is 9.59 Å². The zero-order valence-corrected chi connectivity index (χ0v) is 21.5. The lowest BCUT2D eigenvalue weighted by Gasteiger charge is -2.11. The van der Waals surface area contributed by atoms with E-state index in [0.29, 0.717) is 21.2 Å². The summed E-state index contributed by atoms with van der Waals surface area (Å²) in [5.41, 5.74) is 1.49. The third-order valence-electron chi connectivity index (χ3n) is 5.54. The Hall–Kier alpha value is -2.28. The average molecular weight is 573 g/mol. The highest BCUT2D eigenvalue weighted by Crippen LogP contribution is 2.65. The minimum absolute atomic E-state index is 0.0267. The maximum atomic E-state index is 14.3. The number of rotatable bonds is 6. The molecule has 0 unspecified atom stereocenters. The van der Waals surface area contributed by atoms with E-state index in [0.717, 1.165) is 0 Å². The summed E-state index contributed by atoms with van der Waals surface area (Å²) >= 11 is 31.1. The number of halogens is 6. The van der Waals surface area contributed by atoms with Crippen molar-refractivity contribution in [3.05, 3.63) is 98.8 Å². The Kier molecular flexibility index (Phi) is 7.37. The maximum Gasteiger partial charge on any atom is 0.257 e. The minimum atomic E-state index is -1.36. The van der Waals surface area contributed by atoms with E-state index in [9.17, 15) is 14.0 Å². The molecule has 4 rings (SSSR count). The summed E-state index contributed by atoms with van der Waals surface area (Å²) in [5.74, 6) is -3.06. The van der Waals surface area contributed by atoms with Crippen molar-refractivity contribution in [2.75, 3.05) is 10.6 Å². The summed E-state index contributed by atoms with van der Waals surface area (Å²) in [4.78, 5) is 25.7. The highest BCUT2D eigenvalue weighted by molar-refractivity contribution is 6.53. The normalized spacial score (nSPS) is 18.0. The van der Waals surface area contributed by atoms with Crippen LogP contribution < -0.4 is 10.6 Å². The number of amides is 2. The molecule has 1 aliphatic carbocycles. The SMILES string of the molecule is C=Cc1ccc(NC(=O)c2cc(NC(=O)[C@H]3[C@H](c4cc(Cl)cc(Cl)c4)C3(Cl)Cl)ccc2Cl)c(F)c1. The molecule has 0 saturated heterocycles. The summed E-state index contributed by atoms with van der Waals surface area (Å²) in [6, 6.07) is 13.5. The first-order valence-electron chi connectivity index (χ1n) is 10.2. The molecule has 1 aliphatic rings. The van der Waals surface area contributed by atoms with Crippen LogP contribution in [0.2, 0.25) is 15.1 Å². The number of hydrogen-bond donors (Lipinski definition) is 2. The molecule has 180 valence electrons. The number of carbonyl (C=O) groups is 2. The van der Waals surface area contributed by atoms with Crippen LogP contribution in [0, 0.1) is 11.7 Å². The van der Waals surface area contributed by atoms with Crippen LogP contribution in [-0.2, 0) is 4.79 Å². The molecule has 0 aliphatic heterocycles. The van der Waals surface area contributed by atoms with Gasteiger partial charge in [-0.15, -0.1) is 23.2 Å². The Morgan fingerprint density at radius 3 is 2.26 bits per heavy atom. The summed E-state index contributed by atoms with van der Waals surface area (Å²) in [5, 5.41) is 6.08. The van der Waals surface area contributed by atoms with Crippen LogP contribution in [0.5, 0.6) is 0 Å². The molecule has 1 fully saturated rings. The van der Waals surface area contributed by atoms with Crippen LogP contribution in [0.4, 0.5) is 15.8 Å². The number of anilines is 2. The number of carbonyl (C=O) groups excluding carboxylic acids is 2. The second-order valence-corrected chi connectivity index (χ2v) is 10.6. The molecule has 0 aromatic heterocycles. The van der Waals surface area contributed by atoms with Crippen molar-refractivity contribution in [1.82, 2.24) is 0 Å². The van der Waals surface area contributed by atoms with Gasteiger partial charge in [0.05, 0.1) is 22.2 Å². The molecule has 10 heteroatoms. The second kappa shape index (κ2) is 10.00. The van der Waals surface area contributed by atoms with Gasteiger partial charge in [-0.05, 0) is 59.7 Å². The largest absolute Gasteiger partial charge is 0.326 e. The smallest absolute Gasteiger partial charge is 0.257 e. The Labute approximate surface area is 226 Å². The van der Waals surface area contributed by atoms with E-state index in [1.54, 1.807) is 24.3 Å². The topological polar surface area (TPSA) is 58.2 Å². The number of benzene rings is 3. The molecule has 2 N–H and O–H groups in total. The van der Waals surface area contributed by atoms with Crippen LogP contribution >= 0.6 is 58.0 Å². The van der Waals surface area contributed by atoms with E-state index in [1.807, 2.05) is 0 Å². The van der Waals surface area contributed by atoms with Crippen LogP contribution in [-0.4, -0.2) is 16.1 Å². The van der Waals surface area contributed by atoms with Crippen molar-refractivity contribution in [1.29, 1.82) is 0 Å². The molecule has 2 amide bonds. The lowest BCUT2D eigenvalue weighted by molar-refractivity contribution is -0.117. The molecule has 1 saturated carbocycles. The molecule has 0 spiro atoms. The highest BCUT2D eigenvalue weighted by Gasteiger charge is 2.67. The van der Waals surface area contributed by atoms with Gasteiger partial charge in [0.2, 0.25) is 5.91 Å². The van der Waals surface area contributed by atoms with Gasteiger partial charge in [0.1, 0.15) is 10.2 Å². The number of alkyl halides is 2. The first kappa shape index (κ1) is 25.8. The Morgan fingerprint density at radius 2 is 1.63 bits per heavy atom. The van der Waals surface area contributed by atoms with Crippen molar-refractivity contribution >= 4 is 87.3 Å². The summed E-state index contributed by atoms with van der Waals surface area (Å²) < 4.78 is 12.9. The summed E-state index contributed by atoms with van der Waals surface area (Å²) in [7, 11) is 0. The third-order valence-corrected chi connectivity index (χ3v) is 7.24. The molecule has 0 radical (unpaired) electrons. The van der Waals surface area contributed by atoms with E-state index in [1.165, 1.54) is 36.4 Å². The fourth-order valence-corrected chi connectivity index (χ4v) is 5.34. The van der Waals surface area contributed by atoms with Crippen molar-refractivity contribution in [3.8, 4) is 0 Å². The lowest BCUT2D eigenvalue weighted by atomic mass is 10.1. The van der Waals surface area contributed by atoms with E-state index in [2.05, 4.69) is 17.2 Å². The Bertz CT molecular complexity index is 1340. The maximum absolute atomic E-state index is 14.3. The van der Waals surface area contributed by atoms with Gasteiger partial charge in [-0.2, -0.15) is 0 Å². The van der Waals surface area contributed by atoms with Gasteiger partial charge in [-0.25, -0.2) is 4.39 Å². The van der Waals surface area contributed by atoms with Gasteiger partial charge in [0.15, 0.2) is 0 Å². The first-order chi connectivity index (χ1) is 16.5. The molecule has 4 nitrogen and oxygen atoms in total. The van der Waals surface area contributed by atoms with Gasteiger partial charge < -0.3 is 10.6 Å². The molecule has 0 bridgehead atoms. The molecule has 2 atom stereocenters. The number of hydrogen-bond acceptors (Lipinski definition) is 2. The monoisotopic (exact) mass is 570 g/mol. The third kappa shape index (κ3) is 5.45. The van der Waals surface area contributed by atoms with Crippen molar-refractivity contribution in [3.63, 3.8) is 0 Å². The van der Waals surface area contributed by atoms with E-state index >= 15 is 0 Å². The zero-order valence-electron chi connectivity index (χ0n) is 17.7. The van der Waals surface area contributed by atoms with E-state index in [-0.39, 0.29) is 22.0 Å². The zero-order chi connectivity index (χ0) is 25.5. The molecular formula is C25H16Cl5FN2O2. The quantitative estimate of drug-likeness (QED) is 0.293. The molecular weight excluding hydrogens is 557 g/mol. The molecule has 35 heavy (non-hydrogen) atoms. The Morgan fingerprint density at radius 1 is 0.943 bits per heavy atom. The van der Waals surface area contributed by atoms with Crippen molar-refractivity contribution < 1.29 is 14.0 Å². The predicted octanol–water partition coefficient (Wildman–Crippen LogP) is 8.21. The standard InChI is InChI=1S/C25H16Cl5FN2O2/c1-2-12-3-6-20(19(31)7-12)33-23(34)17-11-16(4-5-18(17)28)32-24(35)22-21(25(22,29)30)13-8-14(26)10-15(27)9-13/h2-11,21-22H,1H2,(H,32,35)(H,33,34)/t21-,22+/m0/s1. The van der Waals surface area contributed by atoms with Gasteiger partial charge in [0.25, 0.3) is 5.91 Å². The Balaban J connectivity index is 1.51. The van der Waals surface area contributed by atoms with Crippen molar-refractivity contribution in [2.45, 2.75) is 10.3 Å². The fraction of sp³-hybridized carbons (Fsp3) is 0.120. The second-order valence-electron chi connectivity index (χ2n) is 7.91. The minimum Gasteiger partial charge on any atom is -0.326 e. The first-order valence-corrected chi connectivity index (χ1v) is 12.1. The molecule has 0 heterocycles. The van der Waals surface area contributed by atoms with Gasteiger partial charge in [0, 0.05) is 21.7 Å². The summed E-state index contributed by atoms with van der Waals surface area (Å²) in [6.07, 6.45) is 1.49. The molecule has 3 aromatic rings. The van der Waals surface area contributed by atoms with Crippen molar-refractivity contribution in [2.24, 2.45) is 5.92 Å². The predicted molar refractivity (Wildman–Crippen MR) is 142 cm³/mol. The van der Waals surface area contributed by atoms with E-state index in [4.69, 9.17) is 58.0 Å². The van der Waals surface area contributed by atoms with E-state index < -0.39 is 33.8 Å². The van der Waals surface area contributed by atoms with Crippen LogP contribution in [0.15, 0.2) is 61.2 Å². The van der Waals surface area contributed by atoms with Crippen LogP contribution in [0.25, 0.3) is 6.08 Å². The van der Waals surface area contributed by atoms with Gasteiger partial charge in [-0.1, -0.05) is 53.5 Å². The highest BCUT2D eigenvalue weighted by atomic mass is 35.5. The lowest BCUT2D eigenvalue weighted by Crippen LogP contribution is -2.18. The summed E-state index contributed by atoms with van der Waals surface area (Å²) in [6.45, 7) is 3.58. The van der Waals surface area contributed by atoms with Crippen LogP contribution in [0.3, 0.4) is 0 Å². The number of nitrogens with one attached hydrogen (secondary N) is 2. The average Bonchev–Trinajstić information content (AvgIpc) is 3.37.